The van der Waals surface area contributed by atoms with E-state index in [0.29, 0.717) is 31.2 Å². The molecule has 1 aromatic heterocycles. The van der Waals surface area contributed by atoms with Crippen LogP contribution < -0.4 is 5.32 Å². The van der Waals surface area contributed by atoms with Crippen molar-refractivity contribution in [1.29, 1.82) is 0 Å². The molecule has 2 aromatic rings. The van der Waals surface area contributed by atoms with Gasteiger partial charge in [0.1, 0.15) is 0 Å². The van der Waals surface area contributed by atoms with Gasteiger partial charge < -0.3 is 10.1 Å². The molecule has 3 rings (SSSR count). The lowest BCUT2D eigenvalue weighted by Gasteiger charge is -2.07. The summed E-state index contributed by atoms with van der Waals surface area (Å²) in [6.45, 7) is 1.32. The Labute approximate surface area is 147 Å². The van der Waals surface area contributed by atoms with E-state index in [1.807, 2.05) is 0 Å². The molecule has 1 aliphatic rings. The highest BCUT2D eigenvalue weighted by Crippen LogP contribution is 2.30. The van der Waals surface area contributed by atoms with Gasteiger partial charge in [-0.25, -0.2) is 4.98 Å². The summed E-state index contributed by atoms with van der Waals surface area (Å²) < 4.78 is 42.9. The molecule has 25 heavy (non-hydrogen) atoms. The first-order valence-corrected chi connectivity index (χ1v) is 8.70. The number of hydrogen-bond acceptors (Lipinski definition) is 4. The summed E-state index contributed by atoms with van der Waals surface area (Å²) in [4.78, 5) is 17.0. The highest BCUT2D eigenvalue weighted by atomic mass is 32.1. The van der Waals surface area contributed by atoms with E-state index in [9.17, 15) is 18.0 Å². The van der Waals surface area contributed by atoms with Crippen molar-refractivity contribution in [3.63, 3.8) is 0 Å². The Balaban J connectivity index is 1.55. The molecule has 0 bridgehead atoms. The molecule has 0 radical (unpaired) electrons. The molecule has 2 heterocycles. The molecule has 1 aromatic carbocycles. The Bertz CT molecular complexity index is 722. The van der Waals surface area contributed by atoms with Gasteiger partial charge in [0, 0.05) is 37.1 Å². The van der Waals surface area contributed by atoms with Gasteiger partial charge in [0.2, 0.25) is 5.91 Å². The standard InChI is InChI=1S/C17H17F3N2O2S/c18-17(19,20)13-3-1-11(2-4-13)7-14-9-21-16(25-14)22-15(23)8-12-5-6-24-10-12/h1-4,9,12H,5-8,10H2,(H,21,22,23). The molecular weight excluding hydrogens is 353 g/mol. The van der Waals surface area contributed by atoms with Crippen molar-refractivity contribution in [2.45, 2.75) is 25.4 Å². The van der Waals surface area contributed by atoms with Gasteiger partial charge in [-0.05, 0) is 30.0 Å². The van der Waals surface area contributed by atoms with E-state index >= 15 is 0 Å². The number of aromatic nitrogens is 1. The minimum Gasteiger partial charge on any atom is -0.381 e. The van der Waals surface area contributed by atoms with Gasteiger partial charge in [0.15, 0.2) is 5.13 Å². The van der Waals surface area contributed by atoms with Crippen LogP contribution in [-0.2, 0) is 22.1 Å². The molecule has 1 N–H and O–H groups in total. The van der Waals surface area contributed by atoms with E-state index < -0.39 is 11.7 Å². The fourth-order valence-corrected chi connectivity index (χ4v) is 3.50. The van der Waals surface area contributed by atoms with Crippen molar-refractivity contribution in [3.8, 4) is 0 Å². The van der Waals surface area contributed by atoms with Crippen LogP contribution in [0.3, 0.4) is 0 Å². The summed E-state index contributed by atoms with van der Waals surface area (Å²) in [6, 6.07) is 5.06. The Morgan fingerprint density at radius 1 is 1.32 bits per heavy atom. The average molecular weight is 370 g/mol. The van der Waals surface area contributed by atoms with Crippen molar-refractivity contribution in [3.05, 3.63) is 46.5 Å². The number of carbonyl (C=O) groups is 1. The lowest BCUT2D eigenvalue weighted by Crippen LogP contribution is -2.16. The van der Waals surface area contributed by atoms with E-state index in [1.165, 1.54) is 23.5 Å². The predicted molar refractivity (Wildman–Crippen MR) is 88.5 cm³/mol. The normalized spacial score (nSPS) is 17.6. The second-order valence-corrected chi connectivity index (χ2v) is 7.10. The SMILES string of the molecule is O=C(CC1CCOC1)Nc1ncc(Cc2ccc(C(F)(F)F)cc2)s1. The van der Waals surface area contributed by atoms with Crippen LogP contribution in [0.1, 0.15) is 28.8 Å². The van der Waals surface area contributed by atoms with Crippen molar-refractivity contribution in [1.82, 2.24) is 4.98 Å². The predicted octanol–water partition coefficient (Wildman–Crippen LogP) is 4.12. The zero-order valence-electron chi connectivity index (χ0n) is 13.3. The van der Waals surface area contributed by atoms with Crippen LogP contribution in [-0.4, -0.2) is 24.1 Å². The van der Waals surface area contributed by atoms with Crippen molar-refractivity contribution >= 4 is 22.4 Å². The van der Waals surface area contributed by atoms with Gasteiger partial charge in [0.05, 0.1) is 5.56 Å². The minimum absolute atomic E-state index is 0.0917. The van der Waals surface area contributed by atoms with Gasteiger partial charge >= 0.3 is 6.18 Å². The summed E-state index contributed by atoms with van der Waals surface area (Å²) in [5.41, 5.74) is 0.0991. The van der Waals surface area contributed by atoms with Gasteiger partial charge in [-0.1, -0.05) is 12.1 Å². The number of ether oxygens (including phenoxy) is 1. The number of nitrogens with one attached hydrogen (secondary N) is 1. The number of hydrogen-bond donors (Lipinski definition) is 1. The molecule has 0 saturated carbocycles. The summed E-state index contributed by atoms with van der Waals surface area (Å²) in [6.07, 6.45) is -0.915. The number of carbonyl (C=O) groups excluding carboxylic acids is 1. The van der Waals surface area contributed by atoms with Crippen molar-refractivity contribution in [2.75, 3.05) is 18.5 Å². The molecule has 1 atom stereocenters. The molecule has 1 amide bonds. The topological polar surface area (TPSA) is 51.2 Å². The Hall–Kier alpha value is -1.93. The number of benzene rings is 1. The van der Waals surface area contributed by atoms with Crippen LogP contribution in [0.4, 0.5) is 18.3 Å². The number of halogens is 3. The smallest absolute Gasteiger partial charge is 0.381 e. The van der Waals surface area contributed by atoms with Crippen LogP contribution in [0.25, 0.3) is 0 Å². The molecule has 0 spiro atoms. The second-order valence-electron chi connectivity index (χ2n) is 5.99. The highest BCUT2D eigenvalue weighted by molar-refractivity contribution is 7.15. The molecule has 1 saturated heterocycles. The first-order chi connectivity index (χ1) is 11.9. The molecule has 1 fully saturated rings. The monoisotopic (exact) mass is 370 g/mol. The number of alkyl halides is 3. The lowest BCUT2D eigenvalue weighted by molar-refractivity contribution is -0.137. The lowest BCUT2D eigenvalue weighted by atomic mass is 10.1. The first kappa shape index (κ1) is 17.9. The van der Waals surface area contributed by atoms with Gasteiger partial charge in [-0.3, -0.25) is 4.79 Å². The summed E-state index contributed by atoms with van der Waals surface area (Å²) in [5, 5.41) is 3.27. The molecule has 1 aliphatic heterocycles. The minimum atomic E-state index is -4.33. The van der Waals surface area contributed by atoms with Gasteiger partial charge in [0.25, 0.3) is 0 Å². The van der Waals surface area contributed by atoms with Crippen LogP contribution in [0, 0.1) is 5.92 Å². The molecule has 4 nitrogen and oxygen atoms in total. The number of nitrogens with zero attached hydrogens (tertiary/aromatic N) is 1. The average Bonchev–Trinajstić information content (AvgIpc) is 3.19. The number of amides is 1. The maximum absolute atomic E-state index is 12.6. The number of rotatable bonds is 5. The van der Waals surface area contributed by atoms with E-state index in [-0.39, 0.29) is 11.8 Å². The third kappa shape index (κ3) is 5.02. The summed E-state index contributed by atoms with van der Waals surface area (Å²) >= 11 is 1.33. The maximum atomic E-state index is 12.6. The van der Waals surface area contributed by atoms with E-state index in [2.05, 4.69) is 10.3 Å². The summed E-state index contributed by atoms with van der Waals surface area (Å²) in [5.74, 6) is 0.164. The Morgan fingerprint density at radius 2 is 2.08 bits per heavy atom. The maximum Gasteiger partial charge on any atom is 0.416 e. The Kier molecular flexibility index (Phi) is 5.39. The number of thiazole rings is 1. The van der Waals surface area contributed by atoms with Crippen LogP contribution in [0.5, 0.6) is 0 Å². The Morgan fingerprint density at radius 3 is 2.72 bits per heavy atom. The molecular formula is C17H17F3N2O2S. The molecule has 8 heteroatoms. The largest absolute Gasteiger partial charge is 0.416 e. The third-order valence-corrected chi connectivity index (χ3v) is 4.87. The van der Waals surface area contributed by atoms with Crippen LogP contribution in [0.15, 0.2) is 30.5 Å². The first-order valence-electron chi connectivity index (χ1n) is 7.88. The molecule has 0 aliphatic carbocycles. The van der Waals surface area contributed by atoms with Crippen molar-refractivity contribution in [2.24, 2.45) is 5.92 Å². The molecule has 1 unspecified atom stereocenters. The molecule has 134 valence electrons. The second kappa shape index (κ2) is 7.53. The van der Waals surface area contributed by atoms with Gasteiger partial charge in [-0.2, -0.15) is 13.2 Å². The van der Waals surface area contributed by atoms with E-state index in [4.69, 9.17) is 4.74 Å². The van der Waals surface area contributed by atoms with Crippen LogP contribution in [0.2, 0.25) is 0 Å². The summed E-state index contributed by atoms with van der Waals surface area (Å²) in [7, 11) is 0. The quantitative estimate of drug-likeness (QED) is 0.861. The third-order valence-electron chi connectivity index (χ3n) is 3.96. The van der Waals surface area contributed by atoms with E-state index in [1.54, 1.807) is 6.20 Å². The van der Waals surface area contributed by atoms with Crippen LogP contribution >= 0.6 is 11.3 Å². The highest BCUT2D eigenvalue weighted by Gasteiger charge is 2.29. The van der Waals surface area contributed by atoms with E-state index in [0.717, 1.165) is 29.0 Å². The van der Waals surface area contributed by atoms with Gasteiger partial charge in [-0.15, -0.1) is 11.3 Å². The zero-order valence-corrected chi connectivity index (χ0v) is 14.1. The zero-order chi connectivity index (χ0) is 17.9. The fraction of sp³-hybridized carbons (Fsp3) is 0.412. The van der Waals surface area contributed by atoms with Crippen molar-refractivity contribution < 1.29 is 22.7 Å². The fourth-order valence-electron chi connectivity index (χ4n) is 2.64. The number of anilines is 1.